The zero-order chi connectivity index (χ0) is 10.4. The molecule has 0 aliphatic heterocycles. The van der Waals surface area contributed by atoms with Crippen molar-refractivity contribution >= 4 is 15.9 Å². The van der Waals surface area contributed by atoms with Crippen molar-refractivity contribution in [3.05, 3.63) is 59.4 Å². The molecule has 74 valence electrons. The van der Waals surface area contributed by atoms with Crippen molar-refractivity contribution in [1.82, 2.24) is 0 Å². The van der Waals surface area contributed by atoms with E-state index in [4.69, 9.17) is 0 Å². The molecule has 2 aromatic carbocycles. The van der Waals surface area contributed by atoms with Crippen LogP contribution < -0.4 is 0 Å². The minimum absolute atomic E-state index is 0.124. The number of rotatable bonds is 0. The van der Waals surface area contributed by atoms with Crippen molar-refractivity contribution in [3.63, 3.8) is 0 Å². The molecule has 0 amide bonds. The maximum atomic E-state index is 13.7. The molecule has 0 unspecified atom stereocenters. The van der Waals surface area contributed by atoms with Crippen LogP contribution in [0.5, 0.6) is 0 Å². The summed E-state index contributed by atoms with van der Waals surface area (Å²) in [5, 5.41) is 0. The van der Waals surface area contributed by atoms with Crippen molar-refractivity contribution < 1.29 is 4.39 Å². The van der Waals surface area contributed by atoms with Crippen LogP contribution in [0.2, 0.25) is 0 Å². The predicted molar refractivity (Wildman–Crippen MR) is 62.6 cm³/mol. The molecular formula is C13H8BrF. The number of alkyl halides is 1. The summed E-state index contributed by atoms with van der Waals surface area (Å²) < 4.78 is 13.7. The van der Waals surface area contributed by atoms with Gasteiger partial charge in [-0.15, -0.1) is 0 Å². The van der Waals surface area contributed by atoms with Crippen molar-refractivity contribution in [1.29, 1.82) is 0 Å². The van der Waals surface area contributed by atoms with E-state index in [9.17, 15) is 4.39 Å². The monoisotopic (exact) mass is 262 g/mol. The van der Waals surface area contributed by atoms with E-state index in [2.05, 4.69) is 15.9 Å². The molecule has 15 heavy (non-hydrogen) atoms. The van der Waals surface area contributed by atoms with Crippen LogP contribution in [-0.2, 0) is 0 Å². The zero-order valence-electron chi connectivity index (χ0n) is 7.87. The van der Waals surface area contributed by atoms with Crippen LogP contribution >= 0.6 is 15.9 Å². The van der Waals surface area contributed by atoms with E-state index < -0.39 is 0 Å². The van der Waals surface area contributed by atoms with Gasteiger partial charge in [-0.2, -0.15) is 0 Å². The van der Waals surface area contributed by atoms with E-state index >= 15 is 0 Å². The summed E-state index contributed by atoms with van der Waals surface area (Å²) in [5.41, 5.74) is 3.93. The van der Waals surface area contributed by atoms with E-state index in [1.54, 1.807) is 6.07 Å². The molecule has 1 aliphatic rings. The third-order valence-corrected chi connectivity index (χ3v) is 3.81. The summed E-state index contributed by atoms with van der Waals surface area (Å²) in [6, 6.07) is 13.2. The van der Waals surface area contributed by atoms with E-state index in [1.807, 2.05) is 30.3 Å². The molecule has 0 fully saturated rings. The first-order valence-corrected chi connectivity index (χ1v) is 5.72. The van der Waals surface area contributed by atoms with Gasteiger partial charge in [0.25, 0.3) is 0 Å². The van der Waals surface area contributed by atoms with Crippen molar-refractivity contribution in [2.75, 3.05) is 0 Å². The fourth-order valence-corrected chi connectivity index (χ4v) is 2.93. The summed E-state index contributed by atoms with van der Waals surface area (Å²) in [6.07, 6.45) is 0. The Morgan fingerprint density at radius 2 is 1.67 bits per heavy atom. The summed E-state index contributed by atoms with van der Waals surface area (Å²) in [5.74, 6) is -0.137. The third-order valence-electron chi connectivity index (χ3n) is 2.82. The first-order valence-electron chi connectivity index (χ1n) is 4.81. The maximum absolute atomic E-state index is 13.7. The molecule has 0 nitrogen and oxygen atoms in total. The van der Waals surface area contributed by atoms with Crippen molar-refractivity contribution in [2.45, 2.75) is 4.83 Å². The standard InChI is InChI=1S/C13H8BrF/c14-13-9-5-2-1-4-8(9)12-10(13)6-3-7-11(12)15/h1-7,13H/t13-/m1/s1. The molecular weight excluding hydrogens is 255 g/mol. The lowest BCUT2D eigenvalue weighted by Crippen LogP contribution is -1.85. The van der Waals surface area contributed by atoms with Gasteiger partial charge in [-0.3, -0.25) is 0 Å². The topological polar surface area (TPSA) is 0 Å². The lowest BCUT2D eigenvalue weighted by Gasteiger charge is -2.03. The Labute approximate surface area is 95.9 Å². The van der Waals surface area contributed by atoms with Gasteiger partial charge < -0.3 is 0 Å². The molecule has 0 saturated heterocycles. The van der Waals surface area contributed by atoms with Crippen molar-refractivity contribution in [2.24, 2.45) is 0 Å². The highest BCUT2D eigenvalue weighted by Gasteiger charge is 2.28. The smallest absolute Gasteiger partial charge is 0.131 e. The Balaban J connectivity index is 2.39. The number of halogens is 2. The second-order valence-electron chi connectivity index (χ2n) is 3.65. The molecule has 3 rings (SSSR count). The SMILES string of the molecule is Fc1cccc2c1-c1ccccc1[C@H]2Br. The van der Waals surface area contributed by atoms with Crippen LogP contribution in [0.15, 0.2) is 42.5 Å². The highest BCUT2D eigenvalue weighted by molar-refractivity contribution is 9.09. The van der Waals surface area contributed by atoms with Crippen LogP contribution in [0.4, 0.5) is 4.39 Å². The summed E-state index contributed by atoms with van der Waals surface area (Å²) in [6.45, 7) is 0. The minimum Gasteiger partial charge on any atom is -0.206 e. The second-order valence-corrected chi connectivity index (χ2v) is 4.57. The highest BCUT2D eigenvalue weighted by Crippen LogP contribution is 2.48. The molecule has 1 aliphatic carbocycles. The van der Waals surface area contributed by atoms with Gasteiger partial charge in [-0.25, -0.2) is 4.39 Å². The first-order chi connectivity index (χ1) is 7.29. The second kappa shape index (κ2) is 3.17. The number of hydrogen-bond acceptors (Lipinski definition) is 0. The number of benzene rings is 2. The van der Waals surface area contributed by atoms with E-state index in [-0.39, 0.29) is 10.6 Å². The number of fused-ring (bicyclic) bond motifs is 3. The summed E-state index contributed by atoms with van der Waals surface area (Å²) in [7, 11) is 0. The molecule has 1 atom stereocenters. The maximum Gasteiger partial charge on any atom is 0.131 e. The average Bonchev–Trinajstić information content (AvgIpc) is 2.55. The normalized spacial score (nSPS) is 17.3. The zero-order valence-corrected chi connectivity index (χ0v) is 9.46. The Morgan fingerprint density at radius 3 is 2.53 bits per heavy atom. The molecule has 2 heteroatoms. The van der Waals surface area contributed by atoms with Gasteiger partial charge in [0, 0.05) is 5.56 Å². The van der Waals surface area contributed by atoms with Crippen LogP contribution in [-0.4, -0.2) is 0 Å². The van der Waals surface area contributed by atoms with Gasteiger partial charge in [-0.05, 0) is 22.8 Å². The molecule has 0 bridgehead atoms. The molecule has 2 aromatic rings. The van der Waals surface area contributed by atoms with Gasteiger partial charge in [0.15, 0.2) is 0 Å². The van der Waals surface area contributed by atoms with Crippen LogP contribution in [0.1, 0.15) is 16.0 Å². The van der Waals surface area contributed by atoms with E-state index in [0.717, 1.165) is 22.3 Å². The molecule has 0 aromatic heterocycles. The third kappa shape index (κ3) is 1.18. The fraction of sp³-hybridized carbons (Fsp3) is 0.0769. The molecule has 0 spiro atoms. The Bertz CT molecular complexity index is 534. The highest BCUT2D eigenvalue weighted by atomic mass is 79.9. The Kier molecular flexibility index (Phi) is 1.93. The average molecular weight is 263 g/mol. The Morgan fingerprint density at radius 1 is 0.933 bits per heavy atom. The van der Waals surface area contributed by atoms with Gasteiger partial charge in [-0.1, -0.05) is 52.3 Å². The molecule has 0 heterocycles. The van der Waals surface area contributed by atoms with E-state index in [1.165, 1.54) is 6.07 Å². The van der Waals surface area contributed by atoms with Crippen LogP contribution in [0.3, 0.4) is 0 Å². The quantitative estimate of drug-likeness (QED) is 0.622. The van der Waals surface area contributed by atoms with E-state index in [0.29, 0.717) is 0 Å². The van der Waals surface area contributed by atoms with Gasteiger partial charge in [0.1, 0.15) is 5.82 Å². The predicted octanol–water partition coefficient (Wildman–Crippen LogP) is 4.29. The van der Waals surface area contributed by atoms with Gasteiger partial charge in [0.2, 0.25) is 0 Å². The van der Waals surface area contributed by atoms with Crippen LogP contribution in [0, 0.1) is 5.82 Å². The largest absolute Gasteiger partial charge is 0.206 e. The molecule has 0 saturated carbocycles. The minimum atomic E-state index is -0.137. The lowest BCUT2D eigenvalue weighted by atomic mass is 10.1. The van der Waals surface area contributed by atoms with Crippen LogP contribution in [0.25, 0.3) is 11.1 Å². The molecule has 0 radical (unpaired) electrons. The molecule has 0 N–H and O–H groups in total. The fourth-order valence-electron chi connectivity index (χ4n) is 2.15. The number of hydrogen-bond donors (Lipinski definition) is 0. The Hall–Kier alpha value is -1.15. The summed E-state index contributed by atoms with van der Waals surface area (Å²) >= 11 is 3.60. The summed E-state index contributed by atoms with van der Waals surface area (Å²) in [4.78, 5) is 0.124. The first kappa shape index (κ1) is 9.10. The van der Waals surface area contributed by atoms with Crippen molar-refractivity contribution in [3.8, 4) is 11.1 Å². The van der Waals surface area contributed by atoms with Gasteiger partial charge >= 0.3 is 0 Å². The van der Waals surface area contributed by atoms with Gasteiger partial charge in [0.05, 0.1) is 4.83 Å². The lowest BCUT2D eigenvalue weighted by molar-refractivity contribution is 0.631.